The Morgan fingerprint density at radius 3 is 2.68 bits per heavy atom. The Bertz CT molecular complexity index is 1250. The van der Waals surface area contributed by atoms with E-state index in [0.29, 0.717) is 23.4 Å². The molecule has 0 bridgehead atoms. The van der Waals surface area contributed by atoms with E-state index in [1.165, 1.54) is 30.4 Å². The van der Waals surface area contributed by atoms with Crippen LogP contribution in [-0.2, 0) is 22.7 Å². The van der Waals surface area contributed by atoms with Gasteiger partial charge in [0, 0.05) is 23.7 Å². The van der Waals surface area contributed by atoms with Crippen LogP contribution in [0.15, 0.2) is 35.7 Å². The Morgan fingerprint density at radius 1 is 1.26 bits per heavy atom. The fourth-order valence-electron chi connectivity index (χ4n) is 4.43. The van der Waals surface area contributed by atoms with Gasteiger partial charge in [0.15, 0.2) is 0 Å². The summed E-state index contributed by atoms with van der Waals surface area (Å²) in [7, 11) is 0. The lowest BCUT2D eigenvalue weighted by molar-refractivity contribution is -0.133. The molecule has 0 saturated heterocycles. The minimum absolute atomic E-state index is 0.175. The molecule has 3 aromatic rings. The number of benzene rings is 1. The first kappa shape index (κ1) is 23.9. The average molecular weight is 485 g/mol. The molecule has 180 valence electrons. The molecule has 1 aliphatic rings. The molecular weight excluding hydrogens is 455 g/mol. The second-order valence-electron chi connectivity index (χ2n) is 9.34. The summed E-state index contributed by atoms with van der Waals surface area (Å²) < 4.78 is 15.9. The third kappa shape index (κ3) is 4.32. The monoisotopic (exact) mass is 484 g/mol. The molecule has 1 aliphatic heterocycles. The molecule has 34 heavy (non-hydrogen) atoms. The van der Waals surface area contributed by atoms with Crippen molar-refractivity contribution in [1.29, 1.82) is 0 Å². The fraction of sp³-hybridized carbons (Fsp3) is 0.400. The van der Waals surface area contributed by atoms with Crippen molar-refractivity contribution in [1.82, 2.24) is 14.8 Å². The molecule has 3 heterocycles. The zero-order chi connectivity index (χ0) is 24.6. The second kappa shape index (κ2) is 9.21. The summed E-state index contributed by atoms with van der Waals surface area (Å²) >= 11 is 1.50. The predicted molar refractivity (Wildman–Crippen MR) is 131 cm³/mol. The lowest BCUT2D eigenvalue weighted by atomic mass is 9.94. The van der Waals surface area contributed by atoms with Gasteiger partial charge in [-0.15, -0.1) is 11.3 Å². The number of carbonyl (C=O) groups excluding carboxylic acids is 3. The van der Waals surface area contributed by atoms with Crippen molar-refractivity contribution in [3.05, 3.63) is 52.1 Å². The van der Waals surface area contributed by atoms with Crippen LogP contribution in [0.3, 0.4) is 0 Å². The normalized spacial score (nSPS) is 17.8. The van der Waals surface area contributed by atoms with Gasteiger partial charge in [-0.25, -0.2) is 4.39 Å². The minimum Gasteiger partial charge on any atom is -0.354 e. The topological polar surface area (TPSA) is 83.4 Å². The number of nitrogens with zero attached hydrogens (tertiary/aromatic N) is 2. The molecule has 7 nitrogen and oxygen atoms in total. The van der Waals surface area contributed by atoms with E-state index in [-0.39, 0.29) is 42.2 Å². The van der Waals surface area contributed by atoms with Crippen LogP contribution in [0.1, 0.15) is 49.5 Å². The van der Waals surface area contributed by atoms with Crippen LogP contribution in [0.4, 0.5) is 10.1 Å². The highest BCUT2D eigenvalue weighted by Crippen LogP contribution is 2.40. The Kier molecular flexibility index (Phi) is 6.49. The highest BCUT2D eigenvalue weighted by atomic mass is 32.1. The van der Waals surface area contributed by atoms with E-state index in [1.54, 1.807) is 22.5 Å². The summed E-state index contributed by atoms with van der Waals surface area (Å²) in [5.41, 5.74) is -0.0745. The first-order chi connectivity index (χ1) is 16.1. The highest BCUT2D eigenvalue weighted by Gasteiger charge is 2.49. The Hall–Kier alpha value is -3.20. The van der Waals surface area contributed by atoms with E-state index in [4.69, 9.17) is 0 Å². The van der Waals surface area contributed by atoms with Crippen LogP contribution in [0.2, 0.25) is 0 Å². The summed E-state index contributed by atoms with van der Waals surface area (Å²) in [5, 5.41) is 8.09. The molecule has 0 saturated carbocycles. The number of hydrogen-bond acceptors (Lipinski definition) is 4. The molecule has 1 atom stereocenters. The molecule has 2 aromatic heterocycles. The van der Waals surface area contributed by atoms with E-state index < -0.39 is 11.4 Å². The lowest BCUT2D eigenvalue weighted by Gasteiger charge is -2.44. The van der Waals surface area contributed by atoms with Gasteiger partial charge in [-0.05, 0) is 48.9 Å². The summed E-state index contributed by atoms with van der Waals surface area (Å²) in [6.45, 7) is 8.21. The standard InChI is InChI=1S/C25H29FN4O3S/c1-15(2)9-10-27-24(33)25(4)14-29-20-8-7-17(26)12-19(20)21(28-16(3)31)22(29)23(32)30(25)13-18-6-5-11-34-18/h5-8,11-12,15H,9-10,13-14H2,1-4H3,(H,27,33)(H,28,31)/t25-/m0/s1. The van der Waals surface area contributed by atoms with Crippen LogP contribution in [-0.4, -0.2) is 39.3 Å². The number of carbonyl (C=O) groups is 3. The van der Waals surface area contributed by atoms with Crippen LogP contribution in [0, 0.1) is 11.7 Å². The maximum absolute atomic E-state index is 14.1. The van der Waals surface area contributed by atoms with Crippen LogP contribution in [0.25, 0.3) is 10.9 Å². The second-order valence-corrected chi connectivity index (χ2v) is 10.4. The van der Waals surface area contributed by atoms with Crippen LogP contribution < -0.4 is 10.6 Å². The summed E-state index contributed by atoms with van der Waals surface area (Å²) in [6.07, 6.45) is 0.824. The lowest BCUT2D eigenvalue weighted by Crippen LogP contribution is -2.63. The number of rotatable bonds is 7. The number of fused-ring (bicyclic) bond motifs is 3. The van der Waals surface area contributed by atoms with E-state index in [0.717, 1.165) is 11.3 Å². The number of thiophene rings is 1. The van der Waals surface area contributed by atoms with Crippen molar-refractivity contribution in [2.24, 2.45) is 5.92 Å². The molecule has 0 spiro atoms. The number of hydrogen-bond donors (Lipinski definition) is 2. The fourth-order valence-corrected chi connectivity index (χ4v) is 5.12. The van der Waals surface area contributed by atoms with Gasteiger partial charge in [0.25, 0.3) is 5.91 Å². The number of nitrogens with one attached hydrogen (secondary N) is 2. The molecule has 3 amide bonds. The number of halogens is 1. The predicted octanol–water partition coefficient (Wildman–Crippen LogP) is 4.38. The van der Waals surface area contributed by atoms with Crippen LogP contribution in [0.5, 0.6) is 0 Å². The summed E-state index contributed by atoms with van der Waals surface area (Å²) in [5.74, 6) is -1.04. The van der Waals surface area contributed by atoms with Gasteiger partial charge in [0.05, 0.1) is 24.3 Å². The van der Waals surface area contributed by atoms with Gasteiger partial charge in [0.2, 0.25) is 11.8 Å². The quantitative estimate of drug-likeness (QED) is 0.522. The molecule has 0 fully saturated rings. The zero-order valence-electron chi connectivity index (χ0n) is 19.8. The van der Waals surface area contributed by atoms with E-state index in [2.05, 4.69) is 24.5 Å². The first-order valence-corrected chi connectivity index (χ1v) is 12.2. The van der Waals surface area contributed by atoms with E-state index >= 15 is 0 Å². The SMILES string of the molecule is CC(=O)Nc1c2n(c3ccc(F)cc13)C[C@@](C)(C(=O)NCCC(C)C)N(Cc1cccs1)C2=O. The smallest absolute Gasteiger partial charge is 0.273 e. The summed E-state index contributed by atoms with van der Waals surface area (Å²) in [4.78, 5) is 42.0. The third-order valence-corrected chi connectivity index (χ3v) is 7.09. The van der Waals surface area contributed by atoms with Gasteiger partial charge in [-0.2, -0.15) is 0 Å². The number of aromatic nitrogens is 1. The Labute approximate surface area is 201 Å². The average Bonchev–Trinajstić information content (AvgIpc) is 3.37. The summed E-state index contributed by atoms with van der Waals surface area (Å²) in [6, 6.07) is 8.03. The molecular formula is C25H29FN4O3S. The molecule has 9 heteroatoms. The van der Waals surface area contributed by atoms with Crippen LogP contribution >= 0.6 is 11.3 Å². The van der Waals surface area contributed by atoms with Crippen molar-refractivity contribution in [3.63, 3.8) is 0 Å². The first-order valence-electron chi connectivity index (χ1n) is 11.3. The molecule has 2 N–H and O–H groups in total. The van der Waals surface area contributed by atoms with Gasteiger partial charge >= 0.3 is 0 Å². The largest absolute Gasteiger partial charge is 0.354 e. The third-order valence-electron chi connectivity index (χ3n) is 6.23. The highest BCUT2D eigenvalue weighted by molar-refractivity contribution is 7.09. The van der Waals surface area contributed by atoms with Crippen molar-refractivity contribution < 1.29 is 18.8 Å². The maximum atomic E-state index is 14.1. The molecule has 1 aromatic carbocycles. The molecule has 4 rings (SSSR count). The van der Waals surface area contributed by atoms with Gasteiger partial charge in [-0.3, -0.25) is 14.4 Å². The molecule has 0 unspecified atom stereocenters. The minimum atomic E-state index is -1.18. The molecule has 0 aliphatic carbocycles. The van der Waals surface area contributed by atoms with Gasteiger partial charge in [0.1, 0.15) is 17.1 Å². The van der Waals surface area contributed by atoms with E-state index in [9.17, 15) is 18.8 Å². The zero-order valence-corrected chi connectivity index (χ0v) is 20.6. The van der Waals surface area contributed by atoms with Gasteiger partial charge in [-0.1, -0.05) is 19.9 Å². The Balaban J connectivity index is 1.85. The van der Waals surface area contributed by atoms with Crippen molar-refractivity contribution in [2.45, 2.75) is 52.7 Å². The maximum Gasteiger partial charge on any atom is 0.273 e. The van der Waals surface area contributed by atoms with E-state index in [1.807, 2.05) is 17.5 Å². The Morgan fingerprint density at radius 2 is 2.03 bits per heavy atom. The van der Waals surface area contributed by atoms with Crippen molar-refractivity contribution in [2.75, 3.05) is 11.9 Å². The number of anilines is 1. The number of amides is 3. The molecule has 0 radical (unpaired) electrons. The van der Waals surface area contributed by atoms with Crippen molar-refractivity contribution >= 4 is 45.6 Å². The van der Waals surface area contributed by atoms with Gasteiger partial charge < -0.3 is 20.1 Å². The van der Waals surface area contributed by atoms with Crippen molar-refractivity contribution in [3.8, 4) is 0 Å².